The monoisotopic (exact) mass is 221 g/mol. The van der Waals surface area contributed by atoms with E-state index in [0.29, 0.717) is 5.92 Å². The average Bonchev–Trinajstić information content (AvgIpc) is 2.23. The first-order chi connectivity index (χ1) is 7.65. The van der Waals surface area contributed by atoms with Gasteiger partial charge in [-0.2, -0.15) is 0 Å². The van der Waals surface area contributed by atoms with E-state index in [2.05, 4.69) is 10.3 Å². The molecular weight excluding hydrogens is 206 g/mol. The van der Waals surface area contributed by atoms with Crippen LogP contribution in [0.4, 0.5) is 5.69 Å². The summed E-state index contributed by atoms with van der Waals surface area (Å²) in [5, 5.41) is 12.3. The van der Waals surface area contributed by atoms with E-state index in [1.54, 1.807) is 18.3 Å². The van der Waals surface area contributed by atoms with Gasteiger partial charge in [0.1, 0.15) is 5.69 Å². The van der Waals surface area contributed by atoms with Gasteiger partial charge in [0.25, 0.3) is 5.91 Å². The fourth-order valence-electron chi connectivity index (χ4n) is 1.80. The quantitative estimate of drug-likeness (QED) is 0.685. The maximum Gasteiger partial charge on any atom is 0.267 e. The van der Waals surface area contributed by atoms with Crippen LogP contribution >= 0.6 is 0 Å². The van der Waals surface area contributed by atoms with Crippen molar-refractivity contribution in [3.8, 4) is 0 Å². The van der Waals surface area contributed by atoms with E-state index < -0.39 is 5.91 Å². The van der Waals surface area contributed by atoms with Crippen LogP contribution in [0.25, 0.3) is 0 Å². The Morgan fingerprint density at radius 2 is 2.38 bits per heavy atom. The molecule has 86 valence electrons. The van der Waals surface area contributed by atoms with Gasteiger partial charge in [-0.15, -0.1) is 0 Å². The van der Waals surface area contributed by atoms with Crippen molar-refractivity contribution in [1.82, 2.24) is 4.98 Å². The van der Waals surface area contributed by atoms with Crippen LogP contribution in [0.5, 0.6) is 0 Å². The fraction of sp³-hybridized carbons (Fsp3) is 0.455. The summed E-state index contributed by atoms with van der Waals surface area (Å²) in [4.78, 5) is 14.8. The summed E-state index contributed by atoms with van der Waals surface area (Å²) in [6, 6.07) is 3.43. The van der Waals surface area contributed by atoms with Crippen molar-refractivity contribution in [3.05, 3.63) is 24.0 Å². The third kappa shape index (κ3) is 2.49. The zero-order valence-corrected chi connectivity index (χ0v) is 8.89. The zero-order valence-electron chi connectivity index (χ0n) is 8.89. The van der Waals surface area contributed by atoms with E-state index in [1.807, 2.05) is 0 Å². The number of carbonyl (C=O) groups excluding carboxylic acids is 1. The highest BCUT2D eigenvalue weighted by Crippen LogP contribution is 2.27. The molecule has 5 heteroatoms. The van der Waals surface area contributed by atoms with Crippen LogP contribution in [0.15, 0.2) is 18.3 Å². The highest BCUT2D eigenvalue weighted by molar-refractivity contribution is 5.91. The highest BCUT2D eigenvalue weighted by atomic mass is 16.3. The third-order valence-corrected chi connectivity index (χ3v) is 2.82. The maximum absolute atomic E-state index is 10.9. The number of aromatic nitrogens is 1. The van der Waals surface area contributed by atoms with Gasteiger partial charge in [-0.25, -0.2) is 0 Å². The Kier molecular flexibility index (Phi) is 3.05. The van der Waals surface area contributed by atoms with E-state index in [0.717, 1.165) is 25.1 Å². The lowest BCUT2D eigenvalue weighted by Gasteiger charge is -2.31. The summed E-state index contributed by atoms with van der Waals surface area (Å²) in [6.07, 6.45) is 3.12. The molecule has 0 bridgehead atoms. The predicted molar refractivity (Wildman–Crippen MR) is 60.0 cm³/mol. The number of amides is 1. The molecule has 0 radical (unpaired) electrons. The molecule has 0 saturated heterocycles. The number of anilines is 1. The van der Waals surface area contributed by atoms with Gasteiger partial charge in [0.05, 0.1) is 6.10 Å². The molecule has 1 amide bonds. The molecule has 0 atom stereocenters. The van der Waals surface area contributed by atoms with E-state index in [4.69, 9.17) is 10.8 Å². The smallest absolute Gasteiger partial charge is 0.267 e. The van der Waals surface area contributed by atoms with Gasteiger partial charge in [0, 0.05) is 18.4 Å². The van der Waals surface area contributed by atoms with Crippen LogP contribution < -0.4 is 11.1 Å². The number of pyridine rings is 1. The number of primary amides is 1. The maximum atomic E-state index is 10.9. The molecule has 1 aromatic heterocycles. The number of nitrogens with zero attached hydrogens (tertiary/aromatic N) is 1. The molecule has 1 heterocycles. The summed E-state index contributed by atoms with van der Waals surface area (Å²) in [5.74, 6) is -0.0112. The van der Waals surface area contributed by atoms with E-state index in [1.165, 1.54) is 0 Å². The summed E-state index contributed by atoms with van der Waals surface area (Å²) in [5.41, 5.74) is 6.23. The molecule has 1 fully saturated rings. The molecule has 1 saturated carbocycles. The number of aliphatic hydroxyl groups excluding tert-OH is 1. The molecular formula is C11H15N3O2. The molecule has 5 nitrogen and oxygen atoms in total. The van der Waals surface area contributed by atoms with Crippen molar-refractivity contribution in [3.63, 3.8) is 0 Å². The Labute approximate surface area is 93.7 Å². The van der Waals surface area contributed by atoms with Crippen molar-refractivity contribution < 1.29 is 9.90 Å². The Morgan fingerprint density at radius 3 is 3.00 bits per heavy atom. The molecule has 16 heavy (non-hydrogen) atoms. The van der Waals surface area contributed by atoms with Crippen molar-refractivity contribution in [1.29, 1.82) is 0 Å². The van der Waals surface area contributed by atoms with Gasteiger partial charge in [0.15, 0.2) is 0 Å². The van der Waals surface area contributed by atoms with Crippen molar-refractivity contribution in [2.75, 3.05) is 11.9 Å². The number of carbonyl (C=O) groups is 1. The fourth-order valence-corrected chi connectivity index (χ4v) is 1.80. The summed E-state index contributed by atoms with van der Waals surface area (Å²) >= 11 is 0. The lowest BCUT2D eigenvalue weighted by atomic mass is 9.82. The number of rotatable bonds is 4. The highest BCUT2D eigenvalue weighted by Gasteiger charge is 2.26. The molecule has 1 aromatic rings. The molecule has 0 spiro atoms. The van der Waals surface area contributed by atoms with Crippen LogP contribution in [0.1, 0.15) is 23.3 Å². The van der Waals surface area contributed by atoms with Crippen molar-refractivity contribution in [2.45, 2.75) is 18.9 Å². The summed E-state index contributed by atoms with van der Waals surface area (Å²) in [6.45, 7) is 0.805. The third-order valence-electron chi connectivity index (χ3n) is 2.82. The predicted octanol–water partition coefficient (Wildman–Crippen LogP) is 0.363. The van der Waals surface area contributed by atoms with Crippen LogP contribution in [0.3, 0.4) is 0 Å². The number of nitrogens with one attached hydrogen (secondary N) is 1. The molecule has 1 aliphatic rings. The molecule has 4 N–H and O–H groups in total. The van der Waals surface area contributed by atoms with Crippen LogP contribution in [0, 0.1) is 5.92 Å². The van der Waals surface area contributed by atoms with Crippen LogP contribution in [0.2, 0.25) is 0 Å². The Balaban J connectivity index is 1.89. The van der Waals surface area contributed by atoms with Crippen molar-refractivity contribution >= 4 is 11.6 Å². The molecule has 2 rings (SSSR count). The first-order valence-corrected chi connectivity index (χ1v) is 5.33. The van der Waals surface area contributed by atoms with Gasteiger partial charge in [-0.05, 0) is 30.9 Å². The molecule has 0 unspecified atom stereocenters. The largest absolute Gasteiger partial charge is 0.393 e. The zero-order chi connectivity index (χ0) is 11.5. The first-order valence-electron chi connectivity index (χ1n) is 5.33. The van der Waals surface area contributed by atoms with Crippen molar-refractivity contribution in [2.24, 2.45) is 11.7 Å². The van der Waals surface area contributed by atoms with Gasteiger partial charge >= 0.3 is 0 Å². The second kappa shape index (κ2) is 4.49. The minimum atomic E-state index is -0.525. The van der Waals surface area contributed by atoms with Crippen LogP contribution in [-0.2, 0) is 0 Å². The Morgan fingerprint density at radius 1 is 1.62 bits per heavy atom. The SMILES string of the molecule is NC(=O)c1cc(NCC2CC(O)C2)ccn1. The van der Waals surface area contributed by atoms with Gasteiger partial charge in [0.2, 0.25) is 0 Å². The average molecular weight is 221 g/mol. The molecule has 1 aliphatic carbocycles. The van der Waals surface area contributed by atoms with E-state index in [9.17, 15) is 4.79 Å². The standard InChI is InChI=1S/C11H15N3O2/c12-11(16)10-5-8(1-2-13-10)14-6-7-3-9(15)4-7/h1-2,5,7,9,15H,3-4,6H2,(H2,12,16)(H,13,14). The number of hydrogen-bond acceptors (Lipinski definition) is 4. The van der Waals surface area contributed by atoms with Gasteiger partial charge in [-0.3, -0.25) is 9.78 Å². The van der Waals surface area contributed by atoms with Crippen LogP contribution in [-0.4, -0.2) is 28.6 Å². The van der Waals surface area contributed by atoms with E-state index >= 15 is 0 Å². The first kappa shape index (κ1) is 10.9. The molecule has 0 aromatic carbocycles. The van der Waals surface area contributed by atoms with E-state index in [-0.39, 0.29) is 11.8 Å². The summed E-state index contributed by atoms with van der Waals surface area (Å²) in [7, 11) is 0. The number of hydrogen-bond donors (Lipinski definition) is 3. The van der Waals surface area contributed by atoms with Gasteiger partial charge in [-0.1, -0.05) is 0 Å². The topological polar surface area (TPSA) is 88.2 Å². The minimum absolute atomic E-state index is 0.134. The van der Waals surface area contributed by atoms with Gasteiger partial charge < -0.3 is 16.2 Å². The second-order valence-corrected chi connectivity index (χ2v) is 4.17. The molecule has 0 aliphatic heterocycles. The Bertz CT molecular complexity index is 389. The normalized spacial score (nSPS) is 23.6. The number of nitrogens with two attached hydrogens (primary N) is 1. The number of aliphatic hydroxyl groups is 1. The lowest BCUT2D eigenvalue weighted by molar-refractivity contribution is 0.0487. The lowest BCUT2D eigenvalue weighted by Crippen LogP contribution is -2.33. The second-order valence-electron chi connectivity index (χ2n) is 4.17. The Hall–Kier alpha value is -1.62. The minimum Gasteiger partial charge on any atom is -0.393 e. The summed E-state index contributed by atoms with van der Waals surface area (Å²) < 4.78 is 0.